The van der Waals surface area contributed by atoms with Gasteiger partial charge in [-0.15, -0.1) is 0 Å². The maximum atomic E-state index is 13.1. The van der Waals surface area contributed by atoms with E-state index in [9.17, 15) is 9.18 Å². The predicted molar refractivity (Wildman–Crippen MR) is 87.2 cm³/mol. The average molecular weight is 315 g/mol. The van der Waals surface area contributed by atoms with E-state index in [0.717, 1.165) is 24.2 Å². The standard InChI is InChI=1S/C18H22FN3O/c1-2-17-16(18(23)21-14-6-4-3-5-7-14)12-20-22(17)15-10-8-13(19)9-11-15/h8-12,14H,2-7H2,1H3,(H,21,23). The molecule has 0 spiro atoms. The molecule has 1 amide bonds. The summed E-state index contributed by atoms with van der Waals surface area (Å²) >= 11 is 0. The van der Waals surface area contributed by atoms with Crippen LogP contribution in [0.3, 0.4) is 0 Å². The van der Waals surface area contributed by atoms with Gasteiger partial charge in [0.05, 0.1) is 23.1 Å². The van der Waals surface area contributed by atoms with Gasteiger partial charge in [0.25, 0.3) is 5.91 Å². The number of hydrogen-bond donors (Lipinski definition) is 1. The second-order valence-corrected chi connectivity index (χ2v) is 6.06. The van der Waals surface area contributed by atoms with Crippen LogP contribution in [0.2, 0.25) is 0 Å². The maximum absolute atomic E-state index is 13.1. The van der Waals surface area contributed by atoms with Crippen molar-refractivity contribution in [2.75, 3.05) is 0 Å². The molecule has 1 aliphatic rings. The lowest BCUT2D eigenvalue weighted by molar-refractivity contribution is 0.0926. The van der Waals surface area contributed by atoms with Crippen LogP contribution in [0.15, 0.2) is 30.5 Å². The fraction of sp³-hybridized carbons (Fsp3) is 0.444. The lowest BCUT2D eigenvalue weighted by atomic mass is 9.95. The van der Waals surface area contributed by atoms with Crippen LogP contribution in [0.1, 0.15) is 55.1 Å². The van der Waals surface area contributed by atoms with Gasteiger partial charge in [-0.25, -0.2) is 9.07 Å². The van der Waals surface area contributed by atoms with Gasteiger partial charge in [0.15, 0.2) is 0 Å². The Morgan fingerprint density at radius 2 is 1.96 bits per heavy atom. The number of carbonyl (C=O) groups excluding carboxylic acids is 1. The Morgan fingerprint density at radius 1 is 1.26 bits per heavy atom. The van der Waals surface area contributed by atoms with Crippen LogP contribution < -0.4 is 5.32 Å². The van der Waals surface area contributed by atoms with Gasteiger partial charge in [-0.2, -0.15) is 5.10 Å². The van der Waals surface area contributed by atoms with Crippen LogP contribution in [0.25, 0.3) is 5.69 Å². The van der Waals surface area contributed by atoms with E-state index in [0.29, 0.717) is 12.0 Å². The molecule has 23 heavy (non-hydrogen) atoms. The molecular formula is C18H22FN3O. The SMILES string of the molecule is CCc1c(C(=O)NC2CCCCC2)cnn1-c1ccc(F)cc1. The monoisotopic (exact) mass is 315 g/mol. The van der Waals surface area contributed by atoms with Crippen molar-refractivity contribution >= 4 is 5.91 Å². The van der Waals surface area contributed by atoms with E-state index in [1.807, 2.05) is 6.92 Å². The molecular weight excluding hydrogens is 293 g/mol. The van der Waals surface area contributed by atoms with Gasteiger partial charge in [-0.3, -0.25) is 4.79 Å². The van der Waals surface area contributed by atoms with Crippen LogP contribution in [-0.4, -0.2) is 21.7 Å². The first-order valence-corrected chi connectivity index (χ1v) is 8.32. The molecule has 0 saturated heterocycles. The number of rotatable bonds is 4. The van der Waals surface area contributed by atoms with Crippen molar-refractivity contribution in [2.45, 2.75) is 51.5 Å². The van der Waals surface area contributed by atoms with Crippen molar-refractivity contribution in [3.63, 3.8) is 0 Å². The van der Waals surface area contributed by atoms with E-state index in [4.69, 9.17) is 0 Å². The second kappa shape index (κ2) is 6.94. The first-order valence-electron chi connectivity index (χ1n) is 8.32. The van der Waals surface area contributed by atoms with Crippen LogP contribution in [0.4, 0.5) is 4.39 Å². The zero-order valence-electron chi connectivity index (χ0n) is 13.4. The largest absolute Gasteiger partial charge is 0.349 e. The maximum Gasteiger partial charge on any atom is 0.254 e. The Hall–Kier alpha value is -2.17. The molecule has 1 aromatic heterocycles. The number of hydrogen-bond acceptors (Lipinski definition) is 2. The number of aromatic nitrogens is 2. The van der Waals surface area contributed by atoms with E-state index in [2.05, 4.69) is 10.4 Å². The molecule has 5 heteroatoms. The van der Waals surface area contributed by atoms with Crippen LogP contribution in [0, 0.1) is 5.82 Å². The van der Waals surface area contributed by atoms with Gasteiger partial charge in [0, 0.05) is 6.04 Å². The topological polar surface area (TPSA) is 46.9 Å². The van der Waals surface area contributed by atoms with Gasteiger partial charge in [0.2, 0.25) is 0 Å². The molecule has 2 aromatic rings. The summed E-state index contributed by atoms with van der Waals surface area (Å²) in [4.78, 5) is 12.6. The van der Waals surface area contributed by atoms with Crippen molar-refractivity contribution in [3.05, 3.63) is 47.5 Å². The Labute approximate surface area is 135 Å². The first-order chi connectivity index (χ1) is 11.2. The van der Waals surface area contributed by atoms with Crippen molar-refractivity contribution in [1.82, 2.24) is 15.1 Å². The van der Waals surface area contributed by atoms with E-state index in [-0.39, 0.29) is 17.8 Å². The lowest BCUT2D eigenvalue weighted by Crippen LogP contribution is -2.36. The number of nitrogens with one attached hydrogen (secondary N) is 1. The highest BCUT2D eigenvalue weighted by Gasteiger charge is 2.21. The summed E-state index contributed by atoms with van der Waals surface area (Å²) in [7, 11) is 0. The van der Waals surface area contributed by atoms with E-state index in [1.54, 1.807) is 23.0 Å². The molecule has 1 saturated carbocycles. The van der Waals surface area contributed by atoms with Crippen LogP contribution in [-0.2, 0) is 6.42 Å². The molecule has 1 fully saturated rings. The molecule has 0 aliphatic heterocycles. The van der Waals surface area contributed by atoms with Gasteiger partial charge < -0.3 is 5.32 Å². The fourth-order valence-electron chi connectivity index (χ4n) is 3.22. The zero-order valence-corrected chi connectivity index (χ0v) is 13.4. The third kappa shape index (κ3) is 3.44. The first kappa shape index (κ1) is 15.7. The third-order valence-electron chi connectivity index (χ3n) is 4.46. The minimum absolute atomic E-state index is 0.0536. The summed E-state index contributed by atoms with van der Waals surface area (Å²) in [6, 6.07) is 6.42. The fourth-order valence-corrected chi connectivity index (χ4v) is 3.22. The molecule has 0 atom stereocenters. The van der Waals surface area contributed by atoms with E-state index in [1.165, 1.54) is 31.4 Å². The molecule has 122 valence electrons. The van der Waals surface area contributed by atoms with E-state index >= 15 is 0 Å². The highest BCUT2D eigenvalue weighted by atomic mass is 19.1. The number of nitrogens with zero attached hydrogens (tertiary/aromatic N) is 2. The Balaban J connectivity index is 1.82. The predicted octanol–water partition coefficient (Wildman–Crippen LogP) is 3.64. The minimum atomic E-state index is -0.283. The minimum Gasteiger partial charge on any atom is -0.349 e. The number of benzene rings is 1. The van der Waals surface area contributed by atoms with Crippen molar-refractivity contribution in [2.24, 2.45) is 0 Å². The van der Waals surface area contributed by atoms with Gasteiger partial charge in [-0.1, -0.05) is 26.2 Å². The molecule has 1 aromatic carbocycles. The van der Waals surface area contributed by atoms with Gasteiger partial charge in [-0.05, 0) is 43.5 Å². The Bertz CT molecular complexity index is 672. The highest BCUT2D eigenvalue weighted by molar-refractivity contribution is 5.95. The molecule has 3 rings (SSSR count). The molecule has 1 N–H and O–H groups in total. The number of halogens is 1. The summed E-state index contributed by atoms with van der Waals surface area (Å²) in [5.41, 5.74) is 2.23. The average Bonchev–Trinajstić information content (AvgIpc) is 3.00. The molecule has 1 heterocycles. The van der Waals surface area contributed by atoms with Crippen molar-refractivity contribution < 1.29 is 9.18 Å². The van der Waals surface area contributed by atoms with Crippen LogP contribution >= 0.6 is 0 Å². The third-order valence-corrected chi connectivity index (χ3v) is 4.46. The van der Waals surface area contributed by atoms with Gasteiger partial charge in [0.1, 0.15) is 5.82 Å². The summed E-state index contributed by atoms with van der Waals surface area (Å²) < 4.78 is 14.8. The molecule has 4 nitrogen and oxygen atoms in total. The van der Waals surface area contributed by atoms with E-state index < -0.39 is 0 Å². The summed E-state index contributed by atoms with van der Waals surface area (Å²) in [6.07, 6.45) is 8.03. The Morgan fingerprint density at radius 3 is 2.61 bits per heavy atom. The van der Waals surface area contributed by atoms with Crippen molar-refractivity contribution in [1.29, 1.82) is 0 Å². The quantitative estimate of drug-likeness (QED) is 0.936. The summed E-state index contributed by atoms with van der Waals surface area (Å²) in [5.74, 6) is -0.337. The smallest absolute Gasteiger partial charge is 0.254 e. The molecule has 0 unspecified atom stereocenters. The van der Waals surface area contributed by atoms with Gasteiger partial charge >= 0.3 is 0 Å². The summed E-state index contributed by atoms with van der Waals surface area (Å²) in [6.45, 7) is 1.99. The molecule has 0 radical (unpaired) electrons. The second-order valence-electron chi connectivity index (χ2n) is 6.06. The zero-order chi connectivity index (χ0) is 16.2. The Kier molecular flexibility index (Phi) is 4.74. The summed E-state index contributed by atoms with van der Waals surface area (Å²) in [5, 5.41) is 7.47. The normalized spacial score (nSPS) is 15.6. The van der Waals surface area contributed by atoms with Crippen molar-refractivity contribution in [3.8, 4) is 5.69 Å². The lowest BCUT2D eigenvalue weighted by Gasteiger charge is -2.22. The number of carbonyl (C=O) groups is 1. The molecule has 1 aliphatic carbocycles. The molecule has 0 bridgehead atoms. The highest BCUT2D eigenvalue weighted by Crippen LogP contribution is 2.20. The number of amides is 1. The van der Waals surface area contributed by atoms with Crippen LogP contribution in [0.5, 0.6) is 0 Å².